The smallest absolute Gasteiger partial charge is 0.416 e. The summed E-state index contributed by atoms with van der Waals surface area (Å²) < 4.78 is 37.9. The predicted molar refractivity (Wildman–Crippen MR) is 63.1 cm³/mol. The van der Waals surface area contributed by atoms with Gasteiger partial charge in [0.15, 0.2) is 5.78 Å². The number of nitrogens with zero attached hydrogens (tertiary/aromatic N) is 2. The van der Waals surface area contributed by atoms with Crippen LogP contribution in [0, 0.1) is 0 Å². The van der Waals surface area contributed by atoms with Gasteiger partial charge in [-0.25, -0.2) is 4.79 Å². The number of hydrazine groups is 1. The molecule has 1 aromatic rings. The van der Waals surface area contributed by atoms with Gasteiger partial charge in [-0.3, -0.25) is 15.0 Å². The molecule has 2 rings (SSSR count). The molecule has 0 amide bonds. The number of carboxylic acid groups (broad SMARTS) is 1. The zero-order chi connectivity index (χ0) is 15.8. The number of carbonyl (C=O) groups is 2. The van der Waals surface area contributed by atoms with E-state index in [4.69, 9.17) is 5.11 Å². The van der Waals surface area contributed by atoms with Gasteiger partial charge in [0, 0.05) is 12.3 Å². The number of aliphatic carboxylic acids is 1. The molecule has 2 N–H and O–H groups in total. The van der Waals surface area contributed by atoms with Gasteiger partial charge in [-0.1, -0.05) is 11.2 Å². The maximum absolute atomic E-state index is 12.6. The predicted octanol–water partition coefficient (Wildman–Crippen LogP) is 1.67. The summed E-state index contributed by atoms with van der Waals surface area (Å²) in [5.74, 6) is -2.52. The van der Waals surface area contributed by atoms with Gasteiger partial charge in [-0.15, -0.1) is 0 Å². The van der Waals surface area contributed by atoms with Crippen molar-refractivity contribution in [1.29, 1.82) is 0 Å². The summed E-state index contributed by atoms with van der Waals surface area (Å²) in [5.41, 5.74) is -1.10. The first-order valence-electron chi connectivity index (χ1n) is 5.61. The molecule has 0 aliphatic carbocycles. The van der Waals surface area contributed by atoms with E-state index in [1.54, 1.807) is 0 Å². The lowest BCUT2D eigenvalue weighted by molar-refractivity contribution is -0.175. The van der Waals surface area contributed by atoms with Crippen LogP contribution >= 0.6 is 0 Å². The van der Waals surface area contributed by atoms with Gasteiger partial charge in [0.25, 0.3) is 0 Å². The monoisotopic (exact) mass is 302 g/mol. The number of ketones is 1. The summed E-state index contributed by atoms with van der Waals surface area (Å²) >= 11 is 0. The van der Waals surface area contributed by atoms with Crippen LogP contribution in [0.4, 0.5) is 18.9 Å². The summed E-state index contributed by atoms with van der Waals surface area (Å²) in [6.45, 7) is 0. The highest BCUT2D eigenvalue weighted by Crippen LogP contribution is 2.32. The van der Waals surface area contributed by atoms with Crippen molar-refractivity contribution in [2.45, 2.75) is 12.2 Å². The van der Waals surface area contributed by atoms with Crippen molar-refractivity contribution in [1.82, 2.24) is 5.17 Å². The average molecular weight is 302 g/mol. The highest BCUT2D eigenvalue weighted by molar-refractivity contribution is 6.09. The van der Waals surface area contributed by atoms with Crippen LogP contribution in [-0.4, -0.2) is 33.3 Å². The standard InChI is InChI=1S/C12H9F3N2O4/c13-12(14,15)7-2-1-3-8(6-7)16-5-4-9(18)10(11(19)20)17(16)21/h1-6,10,21H,(H,19,20). The number of hydrogen-bond donors (Lipinski definition) is 2. The van der Waals surface area contributed by atoms with Crippen LogP contribution in [-0.2, 0) is 15.8 Å². The molecule has 1 heterocycles. The third kappa shape index (κ3) is 2.88. The first-order valence-corrected chi connectivity index (χ1v) is 5.61. The third-order valence-corrected chi connectivity index (χ3v) is 2.77. The quantitative estimate of drug-likeness (QED) is 0.809. The lowest BCUT2D eigenvalue weighted by Crippen LogP contribution is -2.54. The van der Waals surface area contributed by atoms with Crippen molar-refractivity contribution in [2.75, 3.05) is 5.01 Å². The van der Waals surface area contributed by atoms with Crippen LogP contribution in [0.5, 0.6) is 0 Å². The lowest BCUT2D eigenvalue weighted by atomic mass is 10.1. The number of carbonyl (C=O) groups excluding carboxylic acids is 1. The Morgan fingerprint density at radius 1 is 1.29 bits per heavy atom. The maximum Gasteiger partial charge on any atom is 0.416 e. The Hall–Kier alpha value is -2.39. The highest BCUT2D eigenvalue weighted by Gasteiger charge is 2.38. The molecule has 0 saturated carbocycles. The van der Waals surface area contributed by atoms with E-state index in [2.05, 4.69) is 0 Å². The Labute approximate surface area is 116 Å². The number of halogens is 3. The molecule has 0 aromatic heterocycles. The fraction of sp³-hybridized carbons (Fsp3) is 0.167. The number of benzene rings is 1. The Balaban J connectivity index is 2.40. The molecular weight excluding hydrogens is 293 g/mol. The van der Waals surface area contributed by atoms with Gasteiger partial charge in [-0.2, -0.15) is 13.2 Å². The fourth-order valence-corrected chi connectivity index (χ4v) is 1.79. The zero-order valence-corrected chi connectivity index (χ0v) is 10.3. The molecule has 112 valence electrons. The Morgan fingerprint density at radius 3 is 2.52 bits per heavy atom. The van der Waals surface area contributed by atoms with Gasteiger partial charge in [0.2, 0.25) is 6.04 Å². The summed E-state index contributed by atoms with van der Waals surface area (Å²) in [4.78, 5) is 22.3. The number of alkyl halides is 3. The first-order chi connectivity index (χ1) is 9.71. The van der Waals surface area contributed by atoms with Gasteiger partial charge in [0.05, 0.1) is 11.3 Å². The normalized spacial score (nSPS) is 19.9. The Kier molecular flexibility index (Phi) is 3.71. The van der Waals surface area contributed by atoms with Crippen LogP contribution in [0.15, 0.2) is 36.5 Å². The van der Waals surface area contributed by atoms with E-state index in [1.165, 1.54) is 6.07 Å². The van der Waals surface area contributed by atoms with Crippen LogP contribution in [0.2, 0.25) is 0 Å². The Bertz CT molecular complexity index is 615. The minimum absolute atomic E-state index is 0.0696. The number of hydrogen-bond acceptors (Lipinski definition) is 5. The fourth-order valence-electron chi connectivity index (χ4n) is 1.79. The summed E-state index contributed by atoms with van der Waals surface area (Å²) in [6.07, 6.45) is -2.74. The van der Waals surface area contributed by atoms with Gasteiger partial charge in [0.1, 0.15) is 0 Å². The van der Waals surface area contributed by atoms with Crippen molar-refractivity contribution in [3.05, 3.63) is 42.1 Å². The van der Waals surface area contributed by atoms with E-state index in [1.807, 2.05) is 0 Å². The molecule has 0 saturated heterocycles. The van der Waals surface area contributed by atoms with E-state index in [-0.39, 0.29) is 10.9 Å². The average Bonchev–Trinajstić information content (AvgIpc) is 2.37. The second-order valence-corrected chi connectivity index (χ2v) is 4.17. The summed E-state index contributed by atoms with van der Waals surface area (Å²) in [5, 5.41) is 19.4. The topological polar surface area (TPSA) is 81.1 Å². The molecule has 6 nitrogen and oxygen atoms in total. The summed E-state index contributed by atoms with van der Waals surface area (Å²) in [7, 11) is 0. The van der Waals surface area contributed by atoms with Gasteiger partial charge in [-0.05, 0) is 18.2 Å². The molecule has 0 spiro atoms. The lowest BCUT2D eigenvalue weighted by Gasteiger charge is -2.34. The second kappa shape index (κ2) is 5.19. The highest BCUT2D eigenvalue weighted by atomic mass is 19.4. The number of hydroxylamine groups is 1. The van der Waals surface area contributed by atoms with Crippen molar-refractivity contribution >= 4 is 17.4 Å². The maximum atomic E-state index is 12.6. The molecule has 1 unspecified atom stereocenters. The molecule has 1 aliphatic heterocycles. The number of anilines is 1. The Morgan fingerprint density at radius 2 is 1.95 bits per heavy atom. The largest absolute Gasteiger partial charge is 0.480 e. The van der Waals surface area contributed by atoms with E-state index in [0.717, 1.165) is 35.5 Å². The SMILES string of the molecule is O=C(O)C1C(=O)C=CN(c2cccc(C(F)(F)F)c2)N1O. The molecule has 1 atom stereocenters. The molecule has 9 heteroatoms. The van der Waals surface area contributed by atoms with Crippen LogP contribution in [0.3, 0.4) is 0 Å². The number of carboxylic acids is 1. The van der Waals surface area contributed by atoms with Crippen molar-refractivity contribution in [3.63, 3.8) is 0 Å². The van der Waals surface area contributed by atoms with Crippen LogP contribution in [0.25, 0.3) is 0 Å². The molecule has 0 fully saturated rings. The molecule has 0 bridgehead atoms. The molecular formula is C12H9F3N2O4. The van der Waals surface area contributed by atoms with E-state index in [9.17, 15) is 28.0 Å². The molecule has 0 radical (unpaired) electrons. The second-order valence-electron chi connectivity index (χ2n) is 4.17. The van der Waals surface area contributed by atoms with Crippen LogP contribution < -0.4 is 5.01 Å². The van der Waals surface area contributed by atoms with Crippen LogP contribution in [0.1, 0.15) is 5.56 Å². The molecule has 1 aromatic carbocycles. The van der Waals surface area contributed by atoms with E-state index in [0.29, 0.717) is 0 Å². The summed E-state index contributed by atoms with van der Waals surface area (Å²) in [6, 6.07) is 1.98. The molecule has 21 heavy (non-hydrogen) atoms. The molecule has 1 aliphatic rings. The minimum Gasteiger partial charge on any atom is -0.480 e. The van der Waals surface area contributed by atoms with Crippen molar-refractivity contribution in [2.24, 2.45) is 0 Å². The minimum atomic E-state index is -4.59. The van der Waals surface area contributed by atoms with E-state index < -0.39 is 29.5 Å². The van der Waals surface area contributed by atoms with Crippen molar-refractivity contribution in [3.8, 4) is 0 Å². The third-order valence-electron chi connectivity index (χ3n) is 2.77. The zero-order valence-electron chi connectivity index (χ0n) is 10.3. The number of rotatable bonds is 2. The van der Waals surface area contributed by atoms with E-state index >= 15 is 0 Å². The first kappa shape index (κ1) is 15.0. The van der Waals surface area contributed by atoms with Crippen molar-refractivity contribution < 1.29 is 33.1 Å². The van der Waals surface area contributed by atoms with Gasteiger partial charge >= 0.3 is 12.1 Å². The van der Waals surface area contributed by atoms with Gasteiger partial charge < -0.3 is 5.11 Å².